The Morgan fingerprint density at radius 2 is 2.03 bits per heavy atom. The predicted molar refractivity (Wildman–Crippen MR) is 127 cm³/mol. The summed E-state index contributed by atoms with van der Waals surface area (Å²) in [4.78, 5) is 33.6. The van der Waals surface area contributed by atoms with Gasteiger partial charge >= 0.3 is 0 Å². The summed E-state index contributed by atoms with van der Waals surface area (Å²) in [5.41, 5.74) is 3.94. The lowest BCUT2D eigenvalue weighted by molar-refractivity contribution is 0.0802. The van der Waals surface area contributed by atoms with E-state index >= 15 is 0 Å². The number of hydrogen-bond donors (Lipinski definition) is 1. The molecule has 1 saturated carbocycles. The number of hydrogen-bond acceptors (Lipinski definition) is 4. The molecule has 1 N–H and O–H groups in total. The first-order valence-electron chi connectivity index (χ1n) is 11.5. The number of ether oxygens (including phenoxy) is 1. The molecule has 1 spiro atoms. The summed E-state index contributed by atoms with van der Waals surface area (Å²) in [5.74, 6) is 1.46. The van der Waals surface area contributed by atoms with Crippen molar-refractivity contribution in [3.63, 3.8) is 0 Å². The van der Waals surface area contributed by atoms with Crippen molar-refractivity contribution in [3.8, 4) is 5.75 Å². The number of piperidine rings is 1. The molecule has 3 atom stereocenters. The first-order valence-corrected chi connectivity index (χ1v) is 11.5. The number of benzene rings is 2. The van der Waals surface area contributed by atoms with Crippen LogP contribution < -0.4 is 4.74 Å². The number of nitrogens with zero attached hydrogens (tertiary/aromatic N) is 2. The molecule has 6 heteroatoms. The van der Waals surface area contributed by atoms with Gasteiger partial charge in [0.15, 0.2) is 5.78 Å². The molecule has 33 heavy (non-hydrogen) atoms. The van der Waals surface area contributed by atoms with E-state index in [0.717, 1.165) is 40.0 Å². The summed E-state index contributed by atoms with van der Waals surface area (Å²) >= 11 is 0. The molecule has 0 radical (unpaired) electrons. The van der Waals surface area contributed by atoms with Gasteiger partial charge in [0.25, 0.3) is 5.91 Å². The summed E-state index contributed by atoms with van der Waals surface area (Å²) in [5, 5.41) is 0.937. The maximum atomic E-state index is 13.6. The largest absolute Gasteiger partial charge is 0.492 e. The van der Waals surface area contributed by atoms with Gasteiger partial charge in [-0.1, -0.05) is 31.2 Å². The van der Waals surface area contributed by atoms with E-state index in [-0.39, 0.29) is 17.1 Å². The first kappa shape index (κ1) is 20.2. The molecule has 0 unspecified atom stereocenters. The number of aromatic nitrogens is 1. The van der Waals surface area contributed by atoms with E-state index < -0.39 is 0 Å². The highest BCUT2D eigenvalue weighted by Crippen LogP contribution is 2.70. The van der Waals surface area contributed by atoms with Crippen molar-refractivity contribution in [1.29, 1.82) is 0 Å². The van der Waals surface area contributed by atoms with Gasteiger partial charge in [0.05, 0.1) is 0 Å². The van der Waals surface area contributed by atoms with E-state index in [1.165, 1.54) is 0 Å². The van der Waals surface area contributed by atoms with Crippen LogP contribution in [-0.2, 0) is 5.41 Å². The van der Waals surface area contributed by atoms with Gasteiger partial charge in [-0.25, -0.2) is 0 Å². The number of nitrogens with one attached hydrogen (secondary N) is 1. The van der Waals surface area contributed by atoms with Gasteiger partial charge in [-0.15, -0.1) is 0 Å². The second kappa shape index (κ2) is 7.06. The van der Waals surface area contributed by atoms with Crippen molar-refractivity contribution in [1.82, 2.24) is 14.8 Å². The molecule has 3 aromatic rings. The monoisotopic (exact) mass is 441 g/mol. The second-order valence-corrected chi connectivity index (χ2v) is 9.70. The van der Waals surface area contributed by atoms with Gasteiger partial charge < -0.3 is 19.5 Å². The minimum Gasteiger partial charge on any atom is -0.492 e. The average molecular weight is 442 g/mol. The molecule has 0 bridgehead atoms. The minimum absolute atomic E-state index is 0.0139. The van der Waals surface area contributed by atoms with E-state index in [2.05, 4.69) is 22.9 Å². The average Bonchev–Trinajstić information content (AvgIpc) is 3.11. The van der Waals surface area contributed by atoms with Crippen LogP contribution in [0.2, 0.25) is 0 Å². The highest BCUT2D eigenvalue weighted by molar-refractivity contribution is 6.10. The molecule has 6 nitrogen and oxygen atoms in total. The topological polar surface area (TPSA) is 65.6 Å². The standard InChI is InChI=1S/C27H27N3O3/c1-16-21-15-30(25-14-24(31)19-6-4-5-7-20(19)27(16,21)25)26(32)23-13-17-12-18(8-9-22(17)28-23)33-11-10-29(2)3/h4-9,12-14,16,21,28H,10-11,15H2,1-3H3/t16-,21-,27-/m0/s1. The van der Waals surface area contributed by atoms with E-state index in [0.29, 0.717) is 30.7 Å². The molecule has 1 saturated heterocycles. The molecule has 2 aromatic carbocycles. The van der Waals surface area contributed by atoms with Crippen molar-refractivity contribution in [2.24, 2.45) is 11.8 Å². The highest BCUT2D eigenvalue weighted by atomic mass is 16.5. The SMILES string of the molecule is C[C@H]1[C@@H]2CN(C(=O)c3cc4cc(OCCN(C)C)ccc4[nH]3)C3=CC(=O)c4ccccc4[C@@]312. The van der Waals surface area contributed by atoms with Crippen LogP contribution >= 0.6 is 0 Å². The lowest BCUT2D eigenvalue weighted by Gasteiger charge is -2.30. The van der Waals surface area contributed by atoms with Crippen LogP contribution in [-0.4, -0.2) is 60.3 Å². The van der Waals surface area contributed by atoms with Crippen LogP contribution in [0.3, 0.4) is 0 Å². The van der Waals surface area contributed by atoms with Crippen LogP contribution in [0.25, 0.3) is 10.9 Å². The zero-order valence-corrected chi connectivity index (χ0v) is 19.1. The summed E-state index contributed by atoms with van der Waals surface area (Å²) in [7, 11) is 4.02. The molecule has 2 fully saturated rings. The molecule has 2 heterocycles. The number of likely N-dealkylation sites (N-methyl/N-ethyl adjacent to an activating group) is 1. The fourth-order valence-corrected chi connectivity index (χ4v) is 5.93. The molecule has 1 aromatic heterocycles. The molecule has 3 aliphatic rings. The van der Waals surface area contributed by atoms with Gasteiger partial charge in [-0.2, -0.15) is 0 Å². The van der Waals surface area contributed by atoms with Crippen molar-refractivity contribution in [3.05, 3.63) is 77.1 Å². The number of rotatable bonds is 5. The fraction of sp³-hybridized carbons (Fsp3) is 0.333. The van der Waals surface area contributed by atoms with Gasteiger partial charge in [0.2, 0.25) is 0 Å². The zero-order chi connectivity index (χ0) is 22.9. The van der Waals surface area contributed by atoms with Crippen molar-refractivity contribution >= 4 is 22.6 Å². The van der Waals surface area contributed by atoms with Crippen molar-refractivity contribution in [2.45, 2.75) is 12.3 Å². The van der Waals surface area contributed by atoms with Gasteiger partial charge in [-0.05, 0) is 55.8 Å². The second-order valence-electron chi connectivity index (χ2n) is 9.70. The smallest absolute Gasteiger partial charge is 0.274 e. The number of ketones is 1. The minimum atomic E-state index is -0.209. The number of amides is 1. The Bertz CT molecular complexity index is 1340. The van der Waals surface area contributed by atoms with Crippen molar-refractivity contribution in [2.75, 3.05) is 33.8 Å². The lowest BCUT2D eigenvalue weighted by atomic mass is 9.80. The van der Waals surface area contributed by atoms with E-state index in [4.69, 9.17) is 4.74 Å². The quantitative estimate of drug-likeness (QED) is 0.653. The molecule has 2 aliphatic carbocycles. The Morgan fingerprint density at radius 3 is 2.85 bits per heavy atom. The number of H-pyrrole nitrogens is 1. The number of carbonyl (C=O) groups is 2. The normalized spacial score (nSPS) is 25.0. The maximum Gasteiger partial charge on any atom is 0.274 e. The predicted octanol–water partition coefficient (Wildman–Crippen LogP) is 3.85. The fourth-order valence-electron chi connectivity index (χ4n) is 5.93. The maximum absolute atomic E-state index is 13.6. The van der Waals surface area contributed by atoms with E-state index in [1.807, 2.05) is 61.5 Å². The third-order valence-corrected chi connectivity index (χ3v) is 7.67. The molecular weight excluding hydrogens is 414 g/mol. The number of allylic oxidation sites excluding steroid dienone is 2. The Hall–Kier alpha value is -3.38. The lowest BCUT2D eigenvalue weighted by Crippen LogP contribution is -2.35. The Balaban J connectivity index is 1.30. The van der Waals surface area contributed by atoms with E-state index in [1.54, 1.807) is 6.08 Å². The van der Waals surface area contributed by atoms with Crippen LogP contribution in [0, 0.1) is 11.8 Å². The van der Waals surface area contributed by atoms with Crippen LogP contribution in [0.5, 0.6) is 5.75 Å². The molecule has 6 rings (SSSR count). The van der Waals surface area contributed by atoms with Gasteiger partial charge in [0.1, 0.15) is 18.1 Å². The Kier molecular flexibility index (Phi) is 4.33. The summed E-state index contributed by atoms with van der Waals surface area (Å²) < 4.78 is 5.84. The molecule has 168 valence electrons. The summed E-state index contributed by atoms with van der Waals surface area (Å²) in [6.45, 7) is 4.31. The summed E-state index contributed by atoms with van der Waals surface area (Å²) in [6, 6.07) is 15.6. The van der Waals surface area contributed by atoms with Crippen LogP contribution in [0.4, 0.5) is 0 Å². The third kappa shape index (κ3) is 2.83. The van der Waals surface area contributed by atoms with Gasteiger partial charge in [0, 0.05) is 46.7 Å². The van der Waals surface area contributed by atoms with Gasteiger partial charge in [-0.3, -0.25) is 9.59 Å². The molecular formula is C27H27N3O3. The third-order valence-electron chi connectivity index (χ3n) is 7.67. The first-order chi connectivity index (χ1) is 15.9. The van der Waals surface area contributed by atoms with Crippen LogP contribution in [0.1, 0.15) is 33.3 Å². The van der Waals surface area contributed by atoms with Crippen LogP contribution in [0.15, 0.2) is 60.3 Å². The highest BCUT2D eigenvalue weighted by Gasteiger charge is 2.72. The van der Waals surface area contributed by atoms with E-state index in [9.17, 15) is 9.59 Å². The zero-order valence-electron chi connectivity index (χ0n) is 19.1. The number of carbonyl (C=O) groups excluding carboxylic acids is 2. The Labute approximate surface area is 192 Å². The number of likely N-dealkylation sites (tertiary alicyclic amines) is 1. The Morgan fingerprint density at radius 1 is 1.21 bits per heavy atom. The molecule has 1 aliphatic heterocycles. The van der Waals surface area contributed by atoms with Crippen molar-refractivity contribution < 1.29 is 14.3 Å². The molecule has 1 amide bonds. The number of fused-ring (bicyclic) bond motifs is 2. The number of aromatic amines is 1. The summed E-state index contributed by atoms with van der Waals surface area (Å²) in [6.07, 6.45) is 1.70.